The number of ketones is 1. The van der Waals surface area contributed by atoms with Crippen molar-refractivity contribution in [3.8, 4) is 11.8 Å². The van der Waals surface area contributed by atoms with E-state index in [1.165, 1.54) is 23.1 Å². The molecule has 13 heteroatoms. The maximum Gasteiger partial charge on any atom is 0.234 e. The van der Waals surface area contributed by atoms with Crippen molar-refractivity contribution in [2.24, 2.45) is 5.73 Å². The topological polar surface area (TPSA) is 134 Å². The molecule has 40 heavy (non-hydrogen) atoms. The molecule has 1 atom stereocenters. The summed E-state index contributed by atoms with van der Waals surface area (Å²) in [6.45, 7) is 0. The van der Waals surface area contributed by atoms with E-state index in [4.69, 9.17) is 33.7 Å². The van der Waals surface area contributed by atoms with Crippen LogP contribution in [0.15, 0.2) is 69.5 Å². The van der Waals surface area contributed by atoms with Gasteiger partial charge in [0, 0.05) is 23.4 Å². The van der Waals surface area contributed by atoms with E-state index < -0.39 is 5.92 Å². The van der Waals surface area contributed by atoms with Crippen LogP contribution in [0.5, 0.6) is 5.75 Å². The number of carbonyl (C=O) groups is 2. The van der Waals surface area contributed by atoms with Gasteiger partial charge in [-0.2, -0.15) is 5.26 Å². The van der Waals surface area contributed by atoms with E-state index in [1.807, 2.05) is 0 Å². The molecule has 9 nitrogen and oxygen atoms in total. The zero-order chi connectivity index (χ0) is 28.4. The smallest absolute Gasteiger partial charge is 0.234 e. The Hall–Kier alpha value is -3.56. The normalized spacial score (nSPS) is 17.0. The highest BCUT2D eigenvalue weighted by molar-refractivity contribution is 8.01. The van der Waals surface area contributed by atoms with Crippen molar-refractivity contribution in [2.75, 3.05) is 23.1 Å². The number of methoxy groups -OCH3 is 1. The quantitative estimate of drug-likeness (QED) is 0.313. The number of benzene rings is 2. The van der Waals surface area contributed by atoms with E-state index in [0.29, 0.717) is 62.0 Å². The van der Waals surface area contributed by atoms with Gasteiger partial charge in [0.1, 0.15) is 11.6 Å². The van der Waals surface area contributed by atoms with Gasteiger partial charge >= 0.3 is 0 Å². The maximum absolute atomic E-state index is 13.3. The SMILES string of the molecule is COc1ccc(NC(=O)CSc2nnc(N3C(N)=C(C#N)C(c4cccc(Cl)c4Cl)C4=C3CCCC4=O)s2)cc1. The van der Waals surface area contributed by atoms with E-state index in [9.17, 15) is 14.9 Å². The molecule has 2 heterocycles. The molecule has 1 amide bonds. The summed E-state index contributed by atoms with van der Waals surface area (Å²) in [4.78, 5) is 27.4. The first-order chi connectivity index (χ1) is 19.3. The van der Waals surface area contributed by atoms with Crippen molar-refractivity contribution in [3.05, 3.63) is 80.7 Å². The molecular formula is C27H22Cl2N6O3S2. The number of nitrogens with one attached hydrogen (secondary N) is 1. The lowest BCUT2D eigenvalue weighted by molar-refractivity contribution is -0.116. The summed E-state index contributed by atoms with van der Waals surface area (Å²) in [5.41, 5.74) is 9.10. The fourth-order valence-electron chi connectivity index (χ4n) is 4.71. The third-order valence-electron chi connectivity index (χ3n) is 6.49. The summed E-state index contributed by atoms with van der Waals surface area (Å²) in [7, 11) is 1.58. The van der Waals surface area contributed by atoms with Crippen LogP contribution in [0.3, 0.4) is 0 Å². The molecule has 0 fully saturated rings. The number of halogens is 2. The number of thioether (sulfide) groups is 1. The van der Waals surface area contributed by atoms with Gasteiger partial charge in [-0.25, -0.2) is 0 Å². The summed E-state index contributed by atoms with van der Waals surface area (Å²) >= 11 is 15.3. The molecule has 2 aliphatic rings. The average molecular weight is 614 g/mol. The predicted octanol–water partition coefficient (Wildman–Crippen LogP) is 5.89. The zero-order valence-corrected chi connectivity index (χ0v) is 24.3. The number of hydrogen-bond donors (Lipinski definition) is 2. The van der Waals surface area contributed by atoms with Gasteiger partial charge < -0.3 is 15.8 Å². The standard InChI is InChI=1S/C27H22Cl2N6O3S2/c1-38-15-10-8-14(9-11-15)32-21(37)13-39-27-34-33-26(40-27)35-19-6-3-7-20(36)23(19)22(17(12-30)25(35)31)16-4-2-5-18(28)24(16)29/h2,4-5,8-11,22H,3,6-7,13,31H2,1H3,(H,32,37). The maximum atomic E-state index is 13.3. The van der Waals surface area contributed by atoms with Crippen molar-refractivity contribution in [1.82, 2.24) is 10.2 Å². The molecular weight excluding hydrogens is 591 g/mol. The molecule has 0 saturated carbocycles. The number of nitrogens with zero attached hydrogens (tertiary/aromatic N) is 4. The van der Waals surface area contributed by atoms with Gasteiger partial charge in [0.25, 0.3) is 0 Å². The van der Waals surface area contributed by atoms with Crippen molar-refractivity contribution < 1.29 is 14.3 Å². The lowest BCUT2D eigenvalue weighted by atomic mass is 9.76. The molecule has 0 spiro atoms. The highest BCUT2D eigenvalue weighted by atomic mass is 35.5. The second-order valence-electron chi connectivity index (χ2n) is 8.88. The molecule has 0 bridgehead atoms. The summed E-state index contributed by atoms with van der Waals surface area (Å²) in [5, 5.41) is 22.5. The van der Waals surface area contributed by atoms with Crippen LogP contribution >= 0.6 is 46.3 Å². The molecule has 1 aliphatic heterocycles. The number of carbonyl (C=O) groups excluding carboxylic acids is 2. The largest absolute Gasteiger partial charge is 0.497 e. The van der Waals surface area contributed by atoms with Crippen LogP contribution in [0.2, 0.25) is 10.0 Å². The Morgan fingerprint density at radius 1 is 1.25 bits per heavy atom. The lowest BCUT2D eigenvalue weighted by Gasteiger charge is -2.38. The Balaban J connectivity index is 1.41. The third kappa shape index (κ3) is 5.40. The number of ether oxygens (including phenoxy) is 1. The highest BCUT2D eigenvalue weighted by Gasteiger charge is 2.42. The zero-order valence-electron chi connectivity index (χ0n) is 21.1. The number of allylic oxidation sites excluding steroid dienone is 3. The Kier molecular flexibility index (Phi) is 8.32. The molecule has 2 aromatic carbocycles. The average Bonchev–Trinajstić information content (AvgIpc) is 3.42. The first kappa shape index (κ1) is 28.0. The molecule has 5 rings (SSSR count). The summed E-state index contributed by atoms with van der Waals surface area (Å²) in [5.74, 6) is -0.0704. The van der Waals surface area contributed by atoms with E-state index in [-0.39, 0.29) is 33.9 Å². The minimum Gasteiger partial charge on any atom is -0.497 e. The first-order valence-electron chi connectivity index (χ1n) is 12.1. The molecule has 1 aliphatic carbocycles. The van der Waals surface area contributed by atoms with Crippen molar-refractivity contribution in [2.45, 2.75) is 29.5 Å². The number of rotatable bonds is 7. The fraction of sp³-hybridized carbons (Fsp3) is 0.222. The number of hydrogen-bond acceptors (Lipinski definition) is 10. The second-order valence-corrected chi connectivity index (χ2v) is 11.8. The monoisotopic (exact) mass is 612 g/mol. The van der Waals surface area contributed by atoms with Gasteiger partial charge in [-0.1, -0.05) is 58.4 Å². The van der Waals surface area contributed by atoms with Gasteiger partial charge in [-0.3, -0.25) is 14.5 Å². The number of aromatic nitrogens is 2. The van der Waals surface area contributed by atoms with Crippen LogP contribution in [-0.4, -0.2) is 34.8 Å². The molecule has 0 saturated heterocycles. The second kappa shape index (κ2) is 11.9. The molecule has 0 radical (unpaired) electrons. The Morgan fingerprint density at radius 3 is 2.75 bits per heavy atom. The van der Waals surface area contributed by atoms with Crippen LogP contribution in [0.25, 0.3) is 0 Å². The summed E-state index contributed by atoms with van der Waals surface area (Å²) < 4.78 is 5.67. The lowest BCUT2D eigenvalue weighted by Crippen LogP contribution is -2.38. The minimum absolute atomic E-state index is 0.0816. The van der Waals surface area contributed by atoms with Gasteiger partial charge in [0.2, 0.25) is 11.0 Å². The molecule has 1 aromatic heterocycles. The van der Waals surface area contributed by atoms with Crippen molar-refractivity contribution in [1.29, 1.82) is 5.26 Å². The van der Waals surface area contributed by atoms with E-state index >= 15 is 0 Å². The molecule has 1 unspecified atom stereocenters. The number of nitrogens with two attached hydrogens (primary N) is 1. The van der Waals surface area contributed by atoms with Gasteiger partial charge in [-0.15, -0.1) is 10.2 Å². The molecule has 3 aromatic rings. The van der Waals surface area contributed by atoms with Crippen LogP contribution in [0.1, 0.15) is 30.7 Å². The van der Waals surface area contributed by atoms with E-state index in [2.05, 4.69) is 21.6 Å². The fourth-order valence-corrected chi connectivity index (χ4v) is 6.81. The van der Waals surface area contributed by atoms with E-state index in [0.717, 1.165) is 0 Å². The minimum atomic E-state index is -0.737. The molecule has 3 N–H and O–H groups in total. The first-order valence-corrected chi connectivity index (χ1v) is 14.7. The van der Waals surface area contributed by atoms with Gasteiger partial charge in [0.15, 0.2) is 10.1 Å². The van der Waals surface area contributed by atoms with Crippen LogP contribution in [0.4, 0.5) is 10.8 Å². The number of Topliss-reactive ketones (excluding diaryl/α,β-unsaturated/α-hetero) is 1. The van der Waals surface area contributed by atoms with Crippen molar-refractivity contribution in [3.63, 3.8) is 0 Å². The summed E-state index contributed by atoms with van der Waals surface area (Å²) in [6.07, 6.45) is 1.53. The summed E-state index contributed by atoms with van der Waals surface area (Å²) in [6, 6.07) is 14.4. The Labute approximate surface area is 248 Å². The van der Waals surface area contributed by atoms with Gasteiger partial charge in [-0.05, 0) is 48.7 Å². The van der Waals surface area contributed by atoms with Crippen LogP contribution < -0.4 is 20.7 Å². The number of amides is 1. The van der Waals surface area contributed by atoms with Crippen LogP contribution in [-0.2, 0) is 9.59 Å². The highest BCUT2D eigenvalue weighted by Crippen LogP contribution is 2.49. The number of anilines is 2. The Morgan fingerprint density at radius 2 is 2.02 bits per heavy atom. The predicted molar refractivity (Wildman–Crippen MR) is 157 cm³/mol. The van der Waals surface area contributed by atoms with Gasteiger partial charge in [0.05, 0.1) is 40.5 Å². The van der Waals surface area contributed by atoms with Crippen LogP contribution in [0, 0.1) is 11.3 Å². The van der Waals surface area contributed by atoms with E-state index in [1.54, 1.807) is 54.5 Å². The Bertz CT molecular complexity index is 1600. The molecule has 204 valence electrons. The number of nitriles is 1. The third-order valence-corrected chi connectivity index (χ3v) is 9.37. The van der Waals surface area contributed by atoms with Crippen molar-refractivity contribution >= 4 is 68.8 Å².